The van der Waals surface area contributed by atoms with Gasteiger partial charge in [-0.25, -0.2) is 0 Å². The molecule has 2 aliphatic rings. The van der Waals surface area contributed by atoms with Crippen molar-refractivity contribution in [1.29, 1.82) is 0 Å². The minimum atomic E-state index is 0.447. The molecule has 3 nitrogen and oxygen atoms in total. The fourth-order valence-electron chi connectivity index (χ4n) is 3.79. The molecule has 0 aromatic carbocycles. The first-order valence-corrected chi connectivity index (χ1v) is 7.70. The molecule has 1 aliphatic carbocycles. The van der Waals surface area contributed by atoms with E-state index in [1.54, 1.807) is 0 Å². The summed E-state index contributed by atoms with van der Waals surface area (Å²) in [7, 11) is 2.24. The van der Waals surface area contributed by atoms with Gasteiger partial charge in [0.2, 0.25) is 0 Å². The van der Waals surface area contributed by atoms with Gasteiger partial charge in [0.25, 0.3) is 0 Å². The summed E-state index contributed by atoms with van der Waals surface area (Å²) in [5.74, 6) is 0. The topological polar surface area (TPSA) is 18.5 Å². The normalized spacial score (nSPS) is 34.7. The third kappa shape index (κ3) is 3.06. The molecule has 1 N–H and O–H groups in total. The Morgan fingerprint density at radius 2 is 1.83 bits per heavy atom. The summed E-state index contributed by atoms with van der Waals surface area (Å²) >= 11 is 0. The third-order valence-electron chi connectivity index (χ3n) is 4.98. The summed E-state index contributed by atoms with van der Waals surface area (Å²) in [5.41, 5.74) is 0.447. The SMILES string of the molecule is CCNC1C(N2CCN(C)CC2)CCCC1(C)C. The summed E-state index contributed by atoms with van der Waals surface area (Å²) in [4.78, 5) is 5.20. The van der Waals surface area contributed by atoms with Crippen molar-refractivity contribution in [2.24, 2.45) is 5.41 Å². The summed E-state index contributed by atoms with van der Waals surface area (Å²) in [6.07, 6.45) is 4.14. The summed E-state index contributed by atoms with van der Waals surface area (Å²) in [5, 5.41) is 3.78. The first kappa shape index (κ1) is 14.3. The van der Waals surface area contributed by atoms with E-state index in [1.807, 2.05) is 0 Å². The molecule has 2 rings (SSSR count). The second-order valence-corrected chi connectivity index (χ2v) is 6.82. The highest BCUT2D eigenvalue weighted by Crippen LogP contribution is 2.38. The smallest absolute Gasteiger partial charge is 0.0274 e. The maximum Gasteiger partial charge on any atom is 0.0274 e. The molecule has 106 valence electrons. The van der Waals surface area contributed by atoms with Gasteiger partial charge in [0.05, 0.1) is 0 Å². The highest BCUT2D eigenvalue weighted by Gasteiger charge is 2.41. The molecule has 0 aromatic heterocycles. The van der Waals surface area contributed by atoms with E-state index in [4.69, 9.17) is 0 Å². The van der Waals surface area contributed by atoms with Crippen molar-refractivity contribution in [3.63, 3.8) is 0 Å². The second-order valence-electron chi connectivity index (χ2n) is 6.82. The number of hydrogen-bond donors (Lipinski definition) is 1. The first-order chi connectivity index (χ1) is 8.54. The number of nitrogens with one attached hydrogen (secondary N) is 1. The summed E-state index contributed by atoms with van der Waals surface area (Å²) < 4.78 is 0. The quantitative estimate of drug-likeness (QED) is 0.827. The lowest BCUT2D eigenvalue weighted by molar-refractivity contribution is 0.0238. The molecule has 0 amide bonds. The van der Waals surface area contributed by atoms with Gasteiger partial charge in [0, 0.05) is 38.3 Å². The van der Waals surface area contributed by atoms with Gasteiger partial charge in [0.15, 0.2) is 0 Å². The van der Waals surface area contributed by atoms with Crippen molar-refractivity contribution in [3.05, 3.63) is 0 Å². The third-order valence-corrected chi connectivity index (χ3v) is 4.98. The van der Waals surface area contributed by atoms with Crippen molar-refractivity contribution >= 4 is 0 Å². The lowest BCUT2D eigenvalue weighted by Gasteiger charge is -2.50. The van der Waals surface area contributed by atoms with E-state index in [-0.39, 0.29) is 0 Å². The van der Waals surface area contributed by atoms with Gasteiger partial charge in [-0.05, 0) is 31.8 Å². The minimum Gasteiger partial charge on any atom is -0.312 e. The Hall–Kier alpha value is -0.120. The first-order valence-electron chi connectivity index (χ1n) is 7.70. The predicted molar refractivity (Wildman–Crippen MR) is 78.0 cm³/mol. The van der Waals surface area contributed by atoms with Gasteiger partial charge in [-0.3, -0.25) is 4.90 Å². The van der Waals surface area contributed by atoms with E-state index in [1.165, 1.54) is 45.4 Å². The van der Waals surface area contributed by atoms with E-state index in [9.17, 15) is 0 Å². The molecule has 1 heterocycles. The maximum atomic E-state index is 3.78. The van der Waals surface area contributed by atoms with Crippen molar-refractivity contribution in [1.82, 2.24) is 15.1 Å². The average molecular weight is 253 g/mol. The summed E-state index contributed by atoms with van der Waals surface area (Å²) in [6, 6.07) is 1.42. The fraction of sp³-hybridized carbons (Fsp3) is 1.00. The lowest BCUT2D eigenvalue weighted by atomic mass is 9.70. The molecule has 1 saturated heterocycles. The average Bonchev–Trinajstić information content (AvgIpc) is 2.33. The van der Waals surface area contributed by atoms with Crippen LogP contribution in [0.3, 0.4) is 0 Å². The molecule has 0 aromatic rings. The Morgan fingerprint density at radius 3 is 2.44 bits per heavy atom. The van der Waals surface area contributed by atoms with Crippen LogP contribution in [0.2, 0.25) is 0 Å². The lowest BCUT2D eigenvalue weighted by Crippen LogP contribution is -2.61. The number of nitrogens with zero attached hydrogens (tertiary/aromatic N) is 2. The van der Waals surface area contributed by atoms with Crippen molar-refractivity contribution in [3.8, 4) is 0 Å². The molecule has 1 aliphatic heterocycles. The predicted octanol–water partition coefficient (Wildman–Crippen LogP) is 1.79. The van der Waals surface area contributed by atoms with Gasteiger partial charge in [0.1, 0.15) is 0 Å². The van der Waals surface area contributed by atoms with E-state index < -0.39 is 0 Å². The van der Waals surface area contributed by atoms with Crippen LogP contribution >= 0.6 is 0 Å². The number of hydrogen-bond acceptors (Lipinski definition) is 3. The van der Waals surface area contributed by atoms with Gasteiger partial charge >= 0.3 is 0 Å². The highest BCUT2D eigenvalue weighted by atomic mass is 15.3. The van der Waals surface area contributed by atoms with Crippen LogP contribution in [-0.4, -0.2) is 61.7 Å². The molecule has 0 spiro atoms. The molecule has 3 heteroatoms. The number of likely N-dealkylation sites (N-methyl/N-ethyl adjacent to an activating group) is 2. The Balaban J connectivity index is 2.04. The molecule has 2 atom stereocenters. The maximum absolute atomic E-state index is 3.78. The zero-order valence-electron chi connectivity index (χ0n) is 12.7. The van der Waals surface area contributed by atoms with Crippen molar-refractivity contribution < 1.29 is 0 Å². The Labute approximate surface area is 113 Å². The second kappa shape index (κ2) is 5.89. The fourth-order valence-corrected chi connectivity index (χ4v) is 3.79. The molecule has 2 unspecified atom stereocenters. The van der Waals surface area contributed by atoms with Crippen molar-refractivity contribution in [2.45, 2.75) is 52.1 Å². The van der Waals surface area contributed by atoms with Gasteiger partial charge in [-0.2, -0.15) is 0 Å². The van der Waals surface area contributed by atoms with Crippen LogP contribution in [-0.2, 0) is 0 Å². The molecule has 0 bridgehead atoms. The minimum absolute atomic E-state index is 0.447. The Morgan fingerprint density at radius 1 is 1.17 bits per heavy atom. The van der Waals surface area contributed by atoms with Crippen LogP contribution in [0.5, 0.6) is 0 Å². The van der Waals surface area contributed by atoms with E-state index in [2.05, 4.69) is 42.9 Å². The number of rotatable bonds is 3. The van der Waals surface area contributed by atoms with Crippen LogP contribution < -0.4 is 5.32 Å². The van der Waals surface area contributed by atoms with Crippen LogP contribution in [0.25, 0.3) is 0 Å². The van der Waals surface area contributed by atoms with Crippen LogP contribution in [0.1, 0.15) is 40.0 Å². The van der Waals surface area contributed by atoms with Crippen LogP contribution in [0.15, 0.2) is 0 Å². The highest BCUT2D eigenvalue weighted by molar-refractivity contribution is 4.98. The van der Waals surface area contributed by atoms with Gasteiger partial charge in [-0.1, -0.05) is 27.2 Å². The van der Waals surface area contributed by atoms with E-state index >= 15 is 0 Å². The van der Waals surface area contributed by atoms with E-state index in [0.717, 1.165) is 12.6 Å². The van der Waals surface area contributed by atoms with Crippen molar-refractivity contribution in [2.75, 3.05) is 39.8 Å². The van der Waals surface area contributed by atoms with Gasteiger partial charge in [-0.15, -0.1) is 0 Å². The Kier molecular flexibility index (Phi) is 4.68. The zero-order valence-corrected chi connectivity index (χ0v) is 12.7. The number of piperazine rings is 1. The molecular weight excluding hydrogens is 222 g/mol. The zero-order chi connectivity index (χ0) is 13.2. The monoisotopic (exact) mass is 253 g/mol. The molecule has 18 heavy (non-hydrogen) atoms. The Bertz CT molecular complexity index is 256. The molecular formula is C15H31N3. The largest absolute Gasteiger partial charge is 0.312 e. The summed E-state index contributed by atoms with van der Waals surface area (Å²) in [6.45, 7) is 13.2. The van der Waals surface area contributed by atoms with E-state index in [0.29, 0.717) is 11.5 Å². The molecule has 0 radical (unpaired) electrons. The van der Waals surface area contributed by atoms with Gasteiger partial charge < -0.3 is 10.2 Å². The molecule has 1 saturated carbocycles. The van der Waals surface area contributed by atoms with Crippen LogP contribution in [0.4, 0.5) is 0 Å². The van der Waals surface area contributed by atoms with Crippen LogP contribution in [0, 0.1) is 5.41 Å². The standard InChI is InChI=1S/C15H31N3/c1-5-16-14-13(7-6-8-15(14,2)3)18-11-9-17(4)10-12-18/h13-14,16H,5-12H2,1-4H3. The molecule has 2 fully saturated rings.